The van der Waals surface area contributed by atoms with E-state index in [0.717, 1.165) is 39.6 Å². The highest BCUT2D eigenvalue weighted by Gasteiger charge is 2.27. The van der Waals surface area contributed by atoms with Crippen LogP contribution in [0.2, 0.25) is 0 Å². The van der Waals surface area contributed by atoms with Crippen molar-refractivity contribution in [1.29, 1.82) is 0 Å². The smallest absolute Gasteiger partial charge is 0.160 e. The lowest BCUT2D eigenvalue weighted by Gasteiger charge is -2.32. The maximum Gasteiger partial charge on any atom is 0.160 e. The molecule has 6 rings (SSSR count). The van der Waals surface area contributed by atoms with E-state index >= 15 is 0 Å². The summed E-state index contributed by atoms with van der Waals surface area (Å²) in [4.78, 5) is 12.3. The minimum atomic E-state index is -0.161. The second-order valence-corrected chi connectivity index (χ2v) is 10.8. The largest absolute Gasteiger partial charge is 0.344 e. The second kappa shape index (κ2) is 11.2. The molecule has 0 unspecified atom stereocenters. The zero-order chi connectivity index (χ0) is 28.2. The third-order valence-corrected chi connectivity index (χ3v) is 7.79. The third-order valence-electron chi connectivity index (χ3n) is 7.79. The molecule has 0 saturated carbocycles. The summed E-state index contributed by atoms with van der Waals surface area (Å²) < 4.78 is 0. The molecule has 0 aliphatic rings. The first-order valence-electron chi connectivity index (χ1n) is 14.0. The van der Waals surface area contributed by atoms with E-state index < -0.39 is 0 Å². The quantitative estimate of drug-likeness (QED) is 0.205. The average molecular weight is 532 g/mol. The van der Waals surface area contributed by atoms with Gasteiger partial charge in [0, 0.05) is 40.5 Å². The van der Waals surface area contributed by atoms with Crippen LogP contribution < -0.4 is 4.90 Å². The SMILES string of the molecule is CN(c1cccc(-c2cc(-c3ccccc3)nc(-c3ccccc3)n2)c1)c1ccccc1C(C)(C)c1ccccc1. The molecular weight excluding hydrogens is 498 g/mol. The summed E-state index contributed by atoms with van der Waals surface area (Å²) in [6, 6.07) is 50.6. The van der Waals surface area contributed by atoms with Crippen LogP contribution in [0.3, 0.4) is 0 Å². The maximum absolute atomic E-state index is 5.04. The van der Waals surface area contributed by atoms with Gasteiger partial charge in [0.15, 0.2) is 5.82 Å². The van der Waals surface area contributed by atoms with Gasteiger partial charge in [0.2, 0.25) is 0 Å². The van der Waals surface area contributed by atoms with Crippen molar-refractivity contribution in [2.24, 2.45) is 0 Å². The Morgan fingerprint density at radius 3 is 1.73 bits per heavy atom. The Morgan fingerprint density at radius 2 is 1.05 bits per heavy atom. The highest BCUT2D eigenvalue weighted by Crippen LogP contribution is 2.40. The number of aromatic nitrogens is 2. The van der Waals surface area contributed by atoms with Crippen molar-refractivity contribution in [3.8, 4) is 33.9 Å². The predicted molar refractivity (Wildman–Crippen MR) is 171 cm³/mol. The molecule has 1 heterocycles. The van der Waals surface area contributed by atoms with Gasteiger partial charge in [-0.1, -0.05) is 135 Å². The van der Waals surface area contributed by atoms with Gasteiger partial charge in [-0.05, 0) is 35.4 Å². The van der Waals surface area contributed by atoms with Crippen LogP contribution in [0.5, 0.6) is 0 Å². The van der Waals surface area contributed by atoms with E-state index in [0.29, 0.717) is 0 Å². The summed E-state index contributed by atoms with van der Waals surface area (Å²) in [6.45, 7) is 4.59. The number of hydrogen-bond acceptors (Lipinski definition) is 3. The minimum absolute atomic E-state index is 0.161. The van der Waals surface area contributed by atoms with Crippen LogP contribution in [-0.4, -0.2) is 17.0 Å². The summed E-state index contributed by atoms with van der Waals surface area (Å²) in [7, 11) is 2.14. The van der Waals surface area contributed by atoms with Crippen molar-refractivity contribution in [3.63, 3.8) is 0 Å². The fourth-order valence-electron chi connectivity index (χ4n) is 5.39. The lowest BCUT2D eigenvalue weighted by Crippen LogP contribution is -2.23. The standard InChI is InChI=1S/C38H33N3/c1-38(2,31-21-11-6-12-22-31)33-24-13-14-25-36(33)41(3)32-23-15-20-30(26-32)35-27-34(28-16-7-4-8-17-28)39-37(40-35)29-18-9-5-10-19-29/h4-27H,1-3H3. The molecular formula is C38H33N3. The van der Waals surface area contributed by atoms with Gasteiger partial charge in [-0.25, -0.2) is 9.97 Å². The summed E-state index contributed by atoms with van der Waals surface area (Å²) in [5.74, 6) is 0.718. The Labute approximate surface area is 242 Å². The molecule has 0 saturated heterocycles. The van der Waals surface area contributed by atoms with Crippen LogP contribution in [0.4, 0.5) is 11.4 Å². The van der Waals surface area contributed by atoms with Crippen LogP contribution in [0.1, 0.15) is 25.0 Å². The van der Waals surface area contributed by atoms with E-state index in [2.05, 4.69) is 135 Å². The Morgan fingerprint density at radius 1 is 0.512 bits per heavy atom. The maximum atomic E-state index is 5.04. The monoisotopic (exact) mass is 531 g/mol. The predicted octanol–water partition coefficient (Wildman–Crippen LogP) is 9.57. The van der Waals surface area contributed by atoms with Crippen molar-refractivity contribution in [2.75, 3.05) is 11.9 Å². The van der Waals surface area contributed by atoms with Gasteiger partial charge in [-0.2, -0.15) is 0 Å². The van der Waals surface area contributed by atoms with E-state index in [1.54, 1.807) is 0 Å². The fraction of sp³-hybridized carbons (Fsp3) is 0.105. The fourth-order valence-corrected chi connectivity index (χ4v) is 5.39. The van der Waals surface area contributed by atoms with Gasteiger partial charge in [-0.3, -0.25) is 0 Å². The van der Waals surface area contributed by atoms with Crippen LogP contribution in [0.25, 0.3) is 33.9 Å². The third kappa shape index (κ3) is 5.39. The van der Waals surface area contributed by atoms with Gasteiger partial charge in [0.05, 0.1) is 11.4 Å². The van der Waals surface area contributed by atoms with Crippen LogP contribution in [0, 0.1) is 0 Å². The van der Waals surface area contributed by atoms with Crippen molar-refractivity contribution in [2.45, 2.75) is 19.3 Å². The highest BCUT2D eigenvalue weighted by molar-refractivity contribution is 5.76. The van der Waals surface area contributed by atoms with Gasteiger partial charge in [-0.15, -0.1) is 0 Å². The topological polar surface area (TPSA) is 29.0 Å². The van der Waals surface area contributed by atoms with Crippen molar-refractivity contribution >= 4 is 11.4 Å². The summed E-state index contributed by atoms with van der Waals surface area (Å²) in [5.41, 5.74) is 9.59. The highest BCUT2D eigenvalue weighted by atomic mass is 15.1. The zero-order valence-electron chi connectivity index (χ0n) is 23.7. The Kier molecular flexibility index (Phi) is 7.18. The number of para-hydroxylation sites is 1. The lowest BCUT2D eigenvalue weighted by atomic mass is 9.77. The number of benzene rings is 5. The molecule has 5 aromatic carbocycles. The van der Waals surface area contributed by atoms with E-state index in [4.69, 9.17) is 9.97 Å². The molecule has 0 aliphatic heterocycles. The number of nitrogens with zero attached hydrogens (tertiary/aromatic N) is 3. The Bertz CT molecular complexity index is 1700. The Hall–Kier alpha value is -5.02. The molecule has 6 aromatic rings. The number of rotatable bonds is 7. The van der Waals surface area contributed by atoms with Gasteiger partial charge in [0.25, 0.3) is 0 Å². The summed E-state index contributed by atoms with van der Waals surface area (Å²) >= 11 is 0. The first-order valence-corrected chi connectivity index (χ1v) is 14.0. The van der Waals surface area contributed by atoms with E-state index in [-0.39, 0.29) is 5.41 Å². The van der Waals surface area contributed by atoms with Gasteiger partial charge < -0.3 is 4.90 Å². The Balaban J connectivity index is 1.43. The van der Waals surface area contributed by atoms with Crippen molar-refractivity contribution in [1.82, 2.24) is 9.97 Å². The molecule has 0 bridgehead atoms. The van der Waals surface area contributed by atoms with Crippen molar-refractivity contribution in [3.05, 3.63) is 157 Å². The molecule has 200 valence electrons. The summed E-state index contributed by atoms with van der Waals surface area (Å²) in [6.07, 6.45) is 0. The first-order chi connectivity index (χ1) is 20.0. The first kappa shape index (κ1) is 26.2. The van der Waals surface area contributed by atoms with Gasteiger partial charge >= 0.3 is 0 Å². The van der Waals surface area contributed by atoms with Crippen molar-refractivity contribution < 1.29 is 0 Å². The van der Waals surface area contributed by atoms with E-state index in [1.807, 2.05) is 36.4 Å². The molecule has 1 aromatic heterocycles. The average Bonchev–Trinajstić information content (AvgIpc) is 3.05. The van der Waals surface area contributed by atoms with Gasteiger partial charge in [0.1, 0.15) is 0 Å². The molecule has 0 atom stereocenters. The number of hydrogen-bond donors (Lipinski definition) is 0. The van der Waals surface area contributed by atoms with Crippen LogP contribution in [0.15, 0.2) is 146 Å². The molecule has 0 spiro atoms. The molecule has 0 fully saturated rings. The molecule has 3 nitrogen and oxygen atoms in total. The number of anilines is 2. The summed E-state index contributed by atoms with van der Waals surface area (Å²) in [5, 5.41) is 0. The normalized spacial score (nSPS) is 11.3. The van der Waals surface area contributed by atoms with E-state index in [1.165, 1.54) is 16.8 Å². The zero-order valence-corrected chi connectivity index (χ0v) is 23.7. The molecule has 0 aliphatic carbocycles. The molecule has 0 radical (unpaired) electrons. The molecule has 0 N–H and O–H groups in total. The molecule has 41 heavy (non-hydrogen) atoms. The molecule has 0 amide bonds. The lowest BCUT2D eigenvalue weighted by molar-refractivity contribution is 0.641. The minimum Gasteiger partial charge on any atom is -0.344 e. The van der Waals surface area contributed by atoms with E-state index in [9.17, 15) is 0 Å². The van der Waals surface area contributed by atoms with Crippen LogP contribution >= 0.6 is 0 Å². The molecule has 3 heteroatoms. The van der Waals surface area contributed by atoms with Crippen LogP contribution in [-0.2, 0) is 5.41 Å². The second-order valence-electron chi connectivity index (χ2n) is 10.8.